The van der Waals surface area contributed by atoms with Crippen LogP contribution >= 0.6 is 0 Å². The topological polar surface area (TPSA) is 133 Å². The van der Waals surface area contributed by atoms with E-state index in [4.69, 9.17) is 9.47 Å². The molecule has 0 radical (unpaired) electrons. The molecule has 1 aliphatic carbocycles. The number of likely N-dealkylation sites (tertiary alicyclic amines) is 1. The number of alkyl halides is 2. The van der Waals surface area contributed by atoms with Crippen molar-refractivity contribution in [2.24, 2.45) is 14.1 Å². The minimum absolute atomic E-state index is 0.132. The molecule has 3 aromatic carbocycles. The Bertz CT molecular complexity index is 2960. The number of aryl methyl sites for hydroxylation is 2. The molecule has 3 fully saturated rings. The lowest BCUT2D eigenvalue weighted by Gasteiger charge is -2.45. The number of nitrogens with one attached hydrogen (secondary N) is 1. The van der Waals surface area contributed by atoms with E-state index in [1.54, 1.807) is 48.5 Å². The van der Waals surface area contributed by atoms with Gasteiger partial charge in [0.25, 0.3) is 11.5 Å². The molecular weight excluding hydrogens is 809 g/mol. The zero-order valence-corrected chi connectivity index (χ0v) is 35.7. The van der Waals surface area contributed by atoms with Crippen LogP contribution in [0.3, 0.4) is 0 Å². The van der Waals surface area contributed by atoms with Crippen molar-refractivity contribution < 1.29 is 27.8 Å². The number of carbonyl (C=O) groups excluding carboxylic acids is 2. The molecule has 1 saturated carbocycles. The van der Waals surface area contributed by atoms with Crippen LogP contribution in [0.15, 0.2) is 76.6 Å². The number of hydrogen-bond acceptors (Lipinski definition) is 9. The fraction of sp³-hybridized carbons (Fsp3) is 0.396. The molecule has 0 spiro atoms. The third-order valence-corrected chi connectivity index (χ3v) is 13.7. The number of ether oxygens (including phenoxy) is 2. The van der Waals surface area contributed by atoms with Crippen molar-refractivity contribution in [3.8, 4) is 33.8 Å². The zero-order chi connectivity index (χ0) is 43.9. The second-order valence-electron chi connectivity index (χ2n) is 17.6. The Morgan fingerprint density at radius 2 is 1.62 bits per heavy atom. The standard InChI is InChI=1S/C48H49F2N7O6/c1-53-24-35(33-21-37(27-8-9-27)51-22-34(33)46(53)60)31-19-40(62-3)36(41(20-31)63-4)25-55-16-15-42(48(49,50)26-55)56-17-14-28-18-29(10-11-30(28)23-56)32-6-5-7-38-44(32)54(2)47(61)57(38)39-12-13-43(58)52-45(39)59/h5-7,10-11,18-22,24,27,39,42H,8-9,12-17,23,25-26H2,1-4H3,(H,52,58,59)/t39-,42-/m0/s1. The summed E-state index contributed by atoms with van der Waals surface area (Å²) in [7, 11) is 6.53. The number of nitrogens with zero attached hydrogens (tertiary/aromatic N) is 6. The third-order valence-electron chi connectivity index (χ3n) is 13.7. The van der Waals surface area contributed by atoms with E-state index < -0.39 is 30.5 Å². The SMILES string of the molecule is COc1cc(-c2cn(C)c(=O)c3cnc(C4CC4)cc23)cc(OC)c1CN1CC[C@H](N2CCc3cc(-c4cccc5c4n(C)c(=O)n5[C@H]4CCC(=O)NC4=O)ccc3C2)C(F)(F)C1. The van der Waals surface area contributed by atoms with Gasteiger partial charge in [0.1, 0.15) is 17.5 Å². The minimum atomic E-state index is -2.99. The molecule has 3 aromatic heterocycles. The molecule has 1 N–H and O–H groups in total. The fourth-order valence-corrected chi connectivity index (χ4v) is 10.2. The molecule has 6 aromatic rings. The van der Waals surface area contributed by atoms with Crippen molar-refractivity contribution in [3.63, 3.8) is 0 Å². The number of carbonyl (C=O) groups is 2. The van der Waals surface area contributed by atoms with Crippen LogP contribution in [0.25, 0.3) is 44.1 Å². The Hall–Kier alpha value is -6.19. The molecule has 4 aliphatic rings. The highest BCUT2D eigenvalue weighted by Crippen LogP contribution is 2.43. The summed E-state index contributed by atoms with van der Waals surface area (Å²) in [4.78, 5) is 59.6. The average molecular weight is 858 g/mol. The van der Waals surface area contributed by atoms with Crippen molar-refractivity contribution in [1.82, 2.24) is 33.8 Å². The number of methoxy groups -OCH3 is 2. The number of benzene rings is 3. The second-order valence-corrected chi connectivity index (χ2v) is 17.6. The van der Waals surface area contributed by atoms with Gasteiger partial charge in [0.15, 0.2) is 0 Å². The van der Waals surface area contributed by atoms with E-state index >= 15 is 8.78 Å². The van der Waals surface area contributed by atoms with Gasteiger partial charge in [-0.05, 0) is 84.0 Å². The highest BCUT2D eigenvalue weighted by molar-refractivity contribution is 6.01. The molecule has 326 valence electrons. The molecular formula is C48H49F2N7O6. The molecule has 13 nitrogen and oxygen atoms in total. The highest BCUT2D eigenvalue weighted by Gasteiger charge is 2.48. The second kappa shape index (κ2) is 15.6. The summed E-state index contributed by atoms with van der Waals surface area (Å²) >= 11 is 0. The van der Waals surface area contributed by atoms with E-state index in [-0.39, 0.29) is 43.0 Å². The van der Waals surface area contributed by atoms with Crippen molar-refractivity contribution in [3.05, 3.63) is 110 Å². The van der Waals surface area contributed by atoms with Crippen LogP contribution in [0.2, 0.25) is 0 Å². The van der Waals surface area contributed by atoms with Crippen LogP contribution in [0.5, 0.6) is 11.5 Å². The Morgan fingerprint density at radius 3 is 2.33 bits per heavy atom. The summed E-state index contributed by atoms with van der Waals surface area (Å²) < 4.78 is 49.1. The summed E-state index contributed by atoms with van der Waals surface area (Å²) in [6.45, 7) is 1.12. The average Bonchev–Trinajstić information content (AvgIpc) is 4.10. The van der Waals surface area contributed by atoms with Gasteiger partial charge in [0.05, 0.1) is 48.8 Å². The van der Waals surface area contributed by atoms with Crippen LogP contribution in [0.1, 0.15) is 66.4 Å². The minimum Gasteiger partial charge on any atom is -0.496 e. The predicted molar refractivity (Wildman–Crippen MR) is 234 cm³/mol. The monoisotopic (exact) mass is 857 g/mol. The molecule has 2 saturated heterocycles. The number of imidazole rings is 1. The Kier molecular flexibility index (Phi) is 10.1. The van der Waals surface area contributed by atoms with E-state index in [1.165, 1.54) is 4.57 Å². The fourth-order valence-electron chi connectivity index (χ4n) is 10.2. The van der Waals surface area contributed by atoms with Gasteiger partial charge in [-0.3, -0.25) is 43.6 Å². The Balaban J connectivity index is 0.865. The van der Waals surface area contributed by atoms with Gasteiger partial charge in [-0.15, -0.1) is 0 Å². The van der Waals surface area contributed by atoms with E-state index in [0.717, 1.165) is 57.3 Å². The number of fused-ring (bicyclic) bond motifs is 3. The summed E-state index contributed by atoms with van der Waals surface area (Å²) in [5.41, 5.74) is 7.87. The lowest BCUT2D eigenvalue weighted by molar-refractivity contribution is -0.135. The van der Waals surface area contributed by atoms with Gasteiger partial charge in [0, 0.05) is 81.8 Å². The summed E-state index contributed by atoms with van der Waals surface area (Å²) in [6, 6.07) is 15.8. The smallest absolute Gasteiger partial charge is 0.329 e. The maximum atomic E-state index is 16.4. The first-order chi connectivity index (χ1) is 30.3. The van der Waals surface area contributed by atoms with Crippen LogP contribution < -0.4 is 26.0 Å². The van der Waals surface area contributed by atoms with Crippen molar-refractivity contribution in [1.29, 1.82) is 0 Å². The van der Waals surface area contributed by atoms with E-state index in [2.05, 4.69) is 16.4 Å². The predicted octanol–water partition coefficient (Wildman–Crippen LogP) is 6.06. The highest BCUT2D eigenvalue weighted by atomic mass is 19.3. The summed E-state index contributed by atoms with van der Waals surface area (Å²) in [5, 5.41) is 3.69. The van der Waals surface area contributed by atoms with Crippen LogP contribution in [0.4, 0.5) is 8.78 Å². The maximum absolute atomic E-state index is 16.4. The normalized spacial score (nSPS) is 20.5. The third kappa shape index (κ3) is 7.11. The van der Waals surface area contributed by atoms with Crippen molar-refractivity contribution in [2.75, 3.05) is 33.9 Å². The lowest BCUT2D eigenvalue weighted by Crippen LogP contribution is -2.58. The molecule has 6 heterocycles. The van der Waals surface area contributed by atoms with E-state index in [9.17, 15) is 19.2 Å². The van der Waals surface area contributed by atoms with Gasteiger partial charge in [0.2, 0.25) is 11.8 Å². The lowest BCUT2D eigenvalue weighted by atomic mass is 9.91. The number of rotatable bonds is 9. The number of aromatic nitrogens is 4. The molecule has 0 unspecified atom stereocenters. The van der Waals surface area contributed by atoms with Gasteiger partial charge in [-0.25, -0.2) is 13.6 Å². The number of pyridine rings is 2. The molecule has 2 amide bonds. The molecule has 10 rings (SSSR count). The number of piperidine rings is 2. The summed E-state index contributed by atoms with van der Waals surface area (Å²) in [5.74, 6) is -2.38. The number of para-hydroxylation sites is 1. The summed E-state index contributed by atoms with van der Waals surface area (Å²) in [6.07, 6.45) is 6.92. The molecule has 2 atom stereocenters. The zero-order valence-electron chi connectivity index (χ0n) is 35.7. The van der Waals surface area contributed by atoms with Crippen molar-refractivity contribution >= 4 is 33.6 Å². The van der Waals surface area contributed by atoms with Gasteiger partial charge in [-0.2, -0.15) is 0 Å². The first-order valence-corrected chi connectivity index (χ1v) is 21.6. The van der Waals surface area contributed by atoms with Gasteiger partial charge >= 0.3 is 5.69 Å². The molecule has 63 heavy (non-hydrogen) atoms. The first-order valence-electron chi connectivity index (χ1n) is 21.6. The van der Waals surface area contributed by atoms with E-state index in [1.807, 2.05) is 59.6 Å². The van der Waals surface area contributed by atoms with Crippen LogP contribution in [0, 0.1) is 0 Å². The number of halogens is 2. The Morgan fingerprint density at radius 1 is 0.841 bits per heavy atom. The van der Waals surface area contributed by atoms with Crippen LogP contribution in [-0.2, 0) is 43.2 Å². The maximum Gasteiger partial charge on any atom is 0.329 e. The van der Waals surface area contributed by atoms with Gasteiger partial charge < -0.3 is 14.0 Å². The molecule has 15 heteroatoms. The number of imide groups is 1. The first kappa shape index (κ1) is 40.9. The van der Waals surface area contributed by atoms with Crippen LogP contribution in [-0.4, -0.2) is 86.1 Å². The van der Waals surface area contributed by atoms with Crippen molar-refractivity contribution in [2.45, 2.75) is 75.5 Å². The quantitative estimate of drug-likeness (QED) is 0.173. The van der Waals surface area contributed by atoms with Gasteiger partial charge in [-0.1, -0.05) is 30.3 Å². The molecule has 3 aliphatic heterocycles. The largest absolute Gasteiger partial charge is 0.496 e. The Labute approximate surface area is 361 Å². The molecule has 0 bridgehead atoms. The number of hydrogen-bond donors (Lipinski definition) is 1. The van der Waals surface area contributed by atoms with E-state index in [0.29, 0.717) is 65.5 Å². The number of amides is 2.